The van der Waals surface area contributed by atoms with E-state index in [4.69, 9.17) is 0 Å². The van der Waals surface area contributed by atoms with Gasteiger partial charge in [0.05, 0.1) is 0 Å². The maximum Gasteiger partial charge on any atom is 0.319 e. The second kappa shape index (κ2) is 8.27. The molecule has 4 heteroatoms. The zero-order chi connectivity index (χ0) is 14.0. The summed E-state index contributed by atoms with van der Waals surface area (Å²) in [6, 6.07) is 19.6. The van der Waals surface area contributed by atoms with Gasteiger partial charge >= 0.3 is 6.03 Å². The summed E-state index contributed by atoms with van der Waals surface area (Å²) >= 11 is 1.80. The molecule has 0 aliphatic carbocycles. The van der Waals surface area contributed by atoms with Crippen molar-refractivity contribution in [1.29, 1.82) is 0 Å². The lowest BCUT2D eigenvalue weighted by Gasteiger charge is -2.07. The number of amides is 2. The first-order valence-corrected chi connectivity index (χ1v) is 7.61. The summed E-state index contributed by atoms with van der Waals surface area (Å²) < 4.78 is 0. The molecule has 0 aromatic heterocycles. The Hall–Kier alpha value is -1.94. The van der Waals surface area contributed by atoms with Crippen LogP contribution in [0.4, 0.5) is 10.5 Å². The van der Waals surface area contributed by atoms with Crippen molar-refractivity contribution >= 4 is 23.5 Å². The van der Waals surface area contributed by atoms with Gasteiger partial charge in [-0.05, 0) is 36.4 Å². The molecule has 3 nitrogen and oxygen atoms in total. The number of rotatable bonds is 6. The molecule has 2 amide bonds. The lowest BCUT2D eigenvalue weighted by Crippen LogP contribution is -2.29. The summed E-state index contributed by atoms with van der Waals surface area (Å²) in [5.41, 5.74) is 0.809. The SMILES string of the molecule is O=C(NCCCSc1ccccc1)Nc1ccccc1. The van der Waals surface area contributed by atoms with E-state index < -0.39 is 0 Å². The van der Waals surface area contributed by atoms with Gasteiger partial charge in [0.25, 0.3) is 0 Å². The molecule has 104 valence electrons. The number of benzene rings is 2. The third-order valence-electron chi connectivity index (χ3n) is 2.65. The van der Waals surface area contributed by atoms with Gasteiger partial charge in [-0.25, -0.2) is 4.79 Å². The fourth-order valence-corrected chi connectivity index (χ4v) is 2.55. The maximum atomic E-state index is 11.6. The summed E-state index contributed by atoms with van der Waals surface area (Å²) in [5.74, 6) is 0.996. The van der Waals surface area contributed by atoms with E-state index in [2.05, 4.69) is 22.8 Å². The van der Waals surface area contributed by atoms with Crippen molar-refractivity contribution in [3.05, 3.63) is 60.7 Å². The van der Waals surface area contributed by atoms with E-state index in [1.165, 1.54) is 4.90 Å². The number of carbonyl (C=O) groups is 1. The fourth-order valence-electron chi connectivity index (χ4n) is 1.68. The van der Waals surface area contributed by atoms with Crippen LogP contribution in [0.2, 0.25) is 0 Å². The molecule has 0 heterocycles. The number of hydrogen-bond donors (Lipinski definition) is 2. The van der Waals surface area contributed by atoms with E-state index in [-0.39, 0.29) is 6.03 Å². The number of hydrogen-bond acceptors (Lipinski definition) is 2. The van der Waals surface area contributed by atoms with Gasteiger partial charge in [-0.1, -0.05) is 36.4 Å². The van der Waals surface area contributed by atoms with Crippen LogP contribution in [0.1, 0.15) is 6.42 Å². The first kappa shape index (κ1) is 14.5. The Bertz CT molecular complexity index is 517. The number of nitrogens with one attached hydrogen (secondary N) is 2. The Morgan fingerprint density at radius 3 is 2.30 bits per heavy atom. The standard InChI is InChI=1S/C16H18N2OS/c19-16(18-14-8-3-1-4-9-14)17-12-7-13-20-15-10-5-2-6-11-15/h1-6,8-11H,7,12-13H2,(H2,17,18,19). The smallest absolute Gasteiger partial charge is 0.319 e. The average Bonchev–Trinajstić information content (AvgIpc) is 2.49. The van der Waals surface area contributed by atoms with Gasteiger partial charge in [0.15, 0.2) is 0 Å². The van der Waals surface area contributed by atoms with Crippen LogP contribution in [-0.4, -0.2) is 18.3 Å². The van der Waals surface area contributed by atoms with Crippen molar-refractivity contribution in [3.63, 3.8) is 0 Å². The fraction of sp³-hybridized carbons (Fsp3) is 0.188. The van der Waals surface area contributed by atoms with Crippen LogP contribution >= 0.6 is 11.8 Å². The highest BCUT2D eigenvalue weighted by Crippen LogP contribution is 2.17. The third-order valence-corrected chi connectivity index (χ3v) is 3.75. The molecule has 0 bridgehead atoms. The molecule has 0 saturated heterocycles. The Labute approximate surface area is 123 Å². The van der Waals surface area contributed by atoms with Gasteiger partial charge in [-0.2, -0.15) is 0 Å². The van der Waals surface area contributed by atoms with Gasteiger partial charge in [-0.3, -0.25) is 0 Å². The molecule has 2 aromatic rings. The molecule has 0 spiro atoms. The lowest BCUT2D eigenvalue weighted by molar-refractivity contribution is 0.252. The van der Waals surface area contributed by atoms with Crippen molar-refractivity contribution in [2.75, 3.05) is 17.6 Å². The second-order valence-electron chi connectivity index (χ2n) is 4.26. The van der Waals surface area contributed by atoms with E-state index in [1.54, 1.807) is 11.8 Å². The molecular weight excluding hydrogens is 268 g/mol. The van der Waals surface area contributed by atoms with Crippen LogP contribution < -0.4 is 10.6 Å². The van der Waals surface area contributed by atoms with Crippen LogP contribution in [0.5, 0.6) is 0 Å². The zero-order valence-electron chi connectivity index (χ0n) is 11.2. The summed E-state index contributed by atoms with van der Waals surface area (Å²) in [5, 5.41) is 5.65. The molecule has 2 aromatic carbocycles. The molecular formula is C16H18N2OS. The normalized spacial score (nSPS) is 10.0. The minimum absolute atomic E-state index is 0.152. The molecule has 2 N–H and O–H groups in total. The van der Waals surface area contributed by atoms with Crippen LogP contribution in [0.3, 0.4) is 0 Å². The van der Waals surface area contributed by atoms with Gasteiger partial charge in [0.1, 0.15) is 0 Å². The minimum Gasteiger partial charge on any atom is -0.338 e. The van der Waals surface area contributed by atoms with Gasteiger partial charge in [-0.15, -0.1) is 11.8 Å². The molecule has 2 rings (SSSR count). The highest BCUT2D eigenvalue weighted by atomic mass is 32.2. The first-order chi connectivity index (χ1) is 9.84. The number of para-hydroxylation sites is 1. The summed E-state index contributed by atoms with van der Waals surface area (Å²) in [6.07, 6.45) is 0.946. The van der Waals surface area contributed by atoms with Crippen LogP contribution in [-0.2, 0) is 0 Å². The minimum atomic E-state index is -0.152. The quantitative estimate of drug-likeness (QED) is 0.622. The molecule has 0 unspecified atom stereocenters. The Morgan fingerprint density at radius 1 is 0.950 bits per heavy atom. The molecule has 0 aliphatic rings. The van der Waals surface area contributed by atoms with Gasteiger partial charge < -0.3 is 10.6 Å². The Kier molecular flexibility index (Phi) is 5.99. The van der Waals surface area contributed by atoms with Gasteiger partial charge in [0.2, 0.25) is 0 Å². The van der Waals surface area contributed by atoms with Crippen LogP contribution in [0, 0.1) is 0 Å². The highest BCUT2D eigenvalue weighted by molar-refractivity contribution is 7.99. The van der Waals surface area contributed by atoms with Crippen molar-refractivity contribution in [1.82, 2.24) is 5.32 Å². The number of urea groups is 1. The molecule has 0 atom stereocenters. The van der Waals surface area contributed by atoms with E-state index in [9.17, 15) is 4.79 Å². The molecule has 0 saturated carbocycles. The number of thioether (sulfide) groups is 1. The largest absolute Gasteiger partial charge is 0.338 e. The second-order valence-corrected chi connectivity index (χ2v) is 5.43. The Balaban J connectivity index is 1.58. The zero-order valence-corrected chi connectivity index (χ0v) is 12.0. The van der Waals surface area contributed by atoms with E-state index in [0.29, 0.717) is 6.54 Å². The van der Waals surface area contributed by atoms with Crippen LogP contribution in [0.25, 0.3) is 0 Å². The average molecular weight is 286 g/mol. The van der Waals surface area contributed by atoms with Crippen LogP contribution in [0.15, 0.2) is 65.6 Å². The third kappa shape index (κ3) is 5.36. The monoisotopic (exact) mass is 286 g/mol. The molecule has 0 fully saturated rings. The molecule has 0 aliphatic heterocycles. The maximum absolute atomic E-state index is 11.6. The van der Waals surface area contributed by atoms with E-state index in [0.717, 1.165) is 17.9 Å². The van der Waals surface area contributed by atoms with Crippen molar-refractivity contribution < 1.29 is 4.79 Å². The predicted octanol–water partition coefficient (Wildman–Crippen LogP) is 3.99. The highest BCUT2D eigenvalue weighted by Gasteiger charge is 2.00. The topological polar surface area (TPSA) is 41.1 Å². The van der Waals surface area contributed by atoms with Gasteiger partial charge in [0, 0.05) is 17.1 Å². The lowest BCUT2D eigenvalue weighted by atomic mass is 10.3. The van der Waals surface area contributed by atoms with Crippen molar-refractivity contribution in [2.45, 2.75) is 11.3 Å². The summed E-state index contributed by atoms with van der Waals surface area (Å²) in [7, 11) is 0. The number of anilines is 1. The summed E-state index contributed by atoms with van der Waals surface area (Å²) in [4.78, 5) is 12.9. The van der Waals surface area contributed by atoms with E-state index >= 15 is 0 Å². The molecule has 20 heavy (non-hydrogen) atoms. The molecule has 0 radical (unpaired) electrons. The predicted molar refractivity (Wildman–Crippen MR) is 85.2 cm³/mol. The Morgan fingerprint density at radius 2 is 1.60 bits per heavy atom. The van der Waals surface area contributed by atoms with Crippen molar-refractivity contribution in [2.24, 2.45) is 0 Å². The first-order valence-electron chi connectivity index (χ1n) is 6.62. The van der Waals surface area contributed by atoms with E-state index in [1.807, 2.05) is 48.5 Å². The van der Waals surface area contributed by atoms with Crippen molar-refractivity contribution in [3.8, 4) is 0 Å². The number of carbonyl (C=O) groups excluding carboxylic acids is 1. The summed E-state index contributed by atoms with van der Waals surface area (Å²) in [6.45, 7) is 0.679.